The number of halogens is 1. The maximum atomic E-state index is 13.9. The Morgan fingerprint density at radius 3 is 2.58 bits per heavy atom. The number of carbonyl (C=O) groups is 1. The number of carbonyl (C=O) groups excluding carboxylic acids is 1. The van der Waals surface area contributed by atoms with E-state index in [1.807, 2.05) is 37.3 Å². The number of hydrogen-bond donors (Lipinski definition) is 2. The number of aromatic nitrogens is 3. The number of aromatic amines is 1. The van der Waals surface area contributed by atoms with Gasteiger partial charge in [0.15, 0.2) is 5.16 Å². The van der Waals surface area contributed by atoms with Crippen LogP contribution in [0.25, 0.3) is 27.8 Å². The molecule has 3 aromatic carbocycles. The van der Waals surface area contributed by atoms with Crippen molar-refractivity contribution in [2.24, 2.45) is 0 Å². The lowest BCUT2D eigenvalue weighted by molar-refractivity contribution is -0.113. The molecule has 0 fully saturated rings. The Labute approximate surface area is 222 Å². The highest BCUT2D eigenvalue weighted by Crippen LogP contribution is 2.29. The molecule has 7 nitrogen and oxygen atoms in total. The summed E-state index contributed by atoms with van der Waals surface area (Å²) in [6.07, 6.45) is 1.77. The molecule has 0 aliphatic heterocycles. The smallest absolute Gasteiger partial charge is 0.283 e. The Balaban J connectivity index is 1.53. The predicted molar refractivity (Wildman–Crippen MR) is 149 cm³/mol. The average molecular weight is 529 g/mol. The van der Waals surface area contributed by atoms with Crippen molar-refractivity contribution in [3.63, 3.8) is 0 Å². The van der Waals surface area contributed by atoms with Crippen LogP contribution >= 0.6 is 11.8 Å². The number of fused-ring (bicyclic) bond motifs is 1. The van der Waals surface area contributed by atoms with E-state index in [0.29, 0.717) is 45.5 Å². The van der Waals surface area contributed by atoms with Crippen LogP contribution in [0, 0.1) is 12.7 Å². The van der Waals surface area contributed by atoms with E-state index in [-0.39, 0.29) is 17.2 Å². The van der Waals surface area contributed by atoms with E-state index >= 15 is 0 Å². The maximum absolute atomic E-state index is 13.9. The summed E-state index contributed by atoms with van der Waals surface area (Å²) < 4.78 is 20.9. The Hall–Kier alpha value is -4.37. The van der Waals surface area contributed by atoms with Crippen molar-refractivity contribution in [2.45, 2.75) is 19.0 Å². The zero-order valence-electron chi connectivity index (χ0n) is 20.8. The Kier molecular flexibility index (Phi) is 7.28. The van der Waals surface area contributed by atoms with Crippen molar-refractivity contribution >= 4 is 34.4 Å². The molecule has 1 amide bonds. The average Bonchev–Trinajstić information content (AvgIpc) is 3.35. The quantitative estimate of drug-likeness (QED) is 0.192. The van der Waals surface area contributed by atoms with Gasteiger partial charge in [-0.3, -0.25) is 14.2 Å². The second-order valence-corrected chi connectivity index (χ2v) is 9.50. The van der Waals surface area contributed by atoms with Gasteiger partial charge in [0.05, 0.1) is 18.0 Å². The van der Waals surface area contributed by atoms with Gasteiger partial charge in [0.1, 0.15) is 22.6 Å². The first-order chi connectivity index (χ1) is 18.4. The molecule has 2 aromatic heterocycles. The number of nitrogens with one attached hydrogen (secondary N) is 2. The summed E-state index contributed by atoms with van der Waals surface area (Å²) in [4.78, 5) is 34.4. The first-order valence-electron chi connectivity index (χ1n) is 12.1. The predicted octanol–water partition coefficient (Wildman–Crippen LogP) is 5.96. The lowest BCUT2D eigenvalue weighted by atomic mass is 10.1. The number of nitrogens with zero attached hydrogens (tertiary/aromatic N) is 2. The van der Waals surface area contributed by atoms with Gasteiger partial charge < -0.3 is 15.0 Å². The molecule has 192 valence electrons. The number of ether oxygens (including phenoxy) is 1. The van der Waals surface area contributed by atoms with Crippen molar-refractivity contribution in [3.05, 3.63) is 101 Å². The Morgan fingerprint density at radius 1 is 1.11 bits per heavy atom. The van der Waals surface area contributed by atoms with Crippen LogP contribution in [0.15, 0.2) is 88.9 Å². The molecule has 0 unspecified atom stereocenters. The van der Waals surface area contributed by atoms with Gasteiger partial charge in [0.2, 0.25) is 5.91 Å². The summed E-state index contributed by atoms with van der Waals surface area (Å²) in [5, 5.41) is 3.06. The molecule has 0 radical (unpaired) electrons. The van der Waals surface area contributed by atoms with E-state index in [0.717, 1.165) is 22.9 Å². The second kappa shape index (κ2) is 10.9. The second-order valence-electron chi connectivity index (χ2n) is 8.55. The highest BCUT2D eigenvalue weighted by molar-refractivity contribution is 7.99. The molecule has 0 saturated heterocycles. The van der Waals surface area contributed by atoms with Gasteiger partial charge in [-0.25, -0.2) is 9.37 Å². The number of hydrogen-bond acceptors (Lipinski definition) is 5. The third-order valence-electron chi connectivity index (χ3n) is 5.95. The SMILES string of the molecule is CCOc1ccc(-n2c(SCC(=O)Nc3ccc(C)c(F)c3)nc3c(-c4ccccc4)c[nH]c3c2=O)cc1. The topological polar surface area (TPSA) is 89.0 Å². The number of aryl methyl sites for hydroxylation is 1. The number of benzene rings is 3. The minimum absolute atomic E-state index is 0.0322. The molecule has 5 aromatic rings. The van der Waals surface area contributed by atoms with Crippen LogP contribution in [-0.4, -0.2) is 32.8 Å². The molecule has 0 aliphatic rings. The van der Waals surface area contributed by atoms with Crippen molar-refractivity contribution < 1.29 is 13.9 Å². The Bertz CT molecular complexity index is 1660. The fourth-order valence-corrected chi connectivity index (χ4v) is 4.86. The molecule has 9 heteroatoms. The molecular weight excluding hydrogens is 503 g/mol. The van der Waals surface area contributed by atoms with Crippen LogP contribution in [0.1, 0.15) is 12.5 Å². The minimum Gasteiger partial charge on any atom is -0.494 e. The van der Waals surface area contributed by atoms with Crippen LogP contribution in [0.4, 0.5) is 10.1 Å². The molecular formula is C29H25FN4O3S. The number of thioether (sulfide) groups is 1. The van der Waals surface area contributed by atoms with Crippen LogP contribution in [0.5, 0.6) is 5.75 Å². The van der Waals surface area contributed by atoms with E-state index in [4.69, 9.17) is 9.72 Å². The standard InChI is InChI=1S/C29H25FN4O3S/c1-3-37-22-13-11-21(12-14-22)34-28(36)27-26(23(16-31-27)19-7-5-4-6-8-19)33-29(34)38-17-25(35)32-20-10-9-18(2)24(30)15-20/h4-16,31H,3,17H2,1-2H3,(H,32,35). The van der Waals surface area contributed by atoms with E-state index < -0.39 is 5.82 Å². The fraction of sp³-hybridized carbons (Fsp3) is 0.138. The molecule has 0 aliphatic carbocycles. The lowest BCUT2D eigenvalue weighted by Gasteiger charge is -2.13. The summed E-state index contributed by atoms with van der Waals surface area (Å²) in [5.41, 5.74) is 3.75. The van der Waals surface area contributed by atoms with Gasteiger partial charge in [-0.1, -0.05) is 48.2 Å². The molecule has 2 N–H and O–H groups in total. The van der Waals surface area contributed by atoms with Gasteiger partial charge in [0.25, 0.3) is 5.56 Å². The molecule has 0 spiro atoms. The third-order valence-corrected chi connectivity index (χ3v) is 6.89. The van der Waals surface area contributed by atoms with E-state index in [2.05, 4.69) is 10.3 Å². The maximum Gasteiger partial charge on any atom is 0.283 e. The lowest BCUT2D eigenvalue weighted by Crippen LogP contribution is -2.23. The highest BCUT2D eigenvalue weighted by Gasteiger charge is 2.19. The third kappa shape index (κ3) is 5.19. The van der Waals surface area contributed by atoms with Gasteiger partial charge in [-0.05, 0) is 61.4 Å². The largest absolute Gasteiger partial charge is 0.494 e. The van der Waals surface area contributed by atoms with Gasteiger partial charge >= 0.3 is 0 Å². The molecule has 0 atom stereocenters. The highest BCUT2D eigenvalue weighted by atomic mass is 32.2. The normalized spacial score (nSPS) is 11.0. The minimum atomic E-state index is -0.396. The number of anilines is 1. The summed E-state index contributed by atoms with van der Waals surface area (Å²) in [5.74, 6) is -0.0882. The van der Waals surface area contributed by atoms with E-state index in [9.17, 15) is 14.0 Å². The van der Waals surface area contributed by atoms with Crippen molar-refractivity contribution in [3.8, 4) is 22.6 Å². The van der Waals surface area contributed by atoms with Crippen LogP contribution in [-0.2, 0) is 4.79 Å². The first-order valence-corrected chi connectivity index (χ1v) is 13.0. The van der Waals surface area contributed by atoms with E-state index in [1.165, 1.54) is 10.6 Å². The fourth-order valence-electron chi connectivity index (χ4n) is 4.06. The summed E-state index contributed by atoms with van der Waals surface area (Å²) >= 11 is 1.13. The van der Waals surface area contributed by atoms with Crippen molar-refractivity contribution in [1.82, 2.24) is 14.5 Å². The van der Waals surface area contributed by atoms with E-state index in [1.54, 1.807) is 49.5 Å². The first kappa shape index (κ1) is 25.3. The summed E-state index contributed by atoms with van der Waals surface area (Å²) in [7, 11) is 0. The molecule has 5 rings (SSSR count). The zero-order chi connectivity index (χ0) is 26.6. The van der Waals surface area contributed by atoms with Crippen molar-refractivity contribution in [1.29, 1.82) is 0 Å². The van der Waals surface area contributed by atoms with Crippen LogP contribution in [0.3, 0.4) is 0 Å². The number of rotatable bonds is 8. The zero-order valence-corrected chi connectivity index (χ0v) is 21.6. The number of amides is 1. The molecule has 0 bridgehead atoms. The van der Waals surface area contributed by atoms with Crippen molar-refractivity contribution in [2.75, 3.05) is 17.7 Å². The summed E-state index contributed by atoms with van der Waals surface area (Å²) in [6, 6.07) is 21.3. The van der Waals surface area contributed by atoms with Crippen LogP contribution < -0.4 is 15.6 Å². The monoisotopic (exact) mass is 528 g/mol. The van der Waals surface area contributed by atoms with Gasteiger partial charge in [-0.15, -0.1) is 0 Å². The van der Waals surface area contributed by atoms with Crippen LogP contribution in [0.2, 0.25) is 0 Å². The summed E-state index contributed by atoms with van der Waals surface area (Å²) in [6.45, 7) is 4.08. The number of H-pyrrole nitrogens is 1. The van der Waals surface area contributed by atoms with Gasteiger partial charge in [-0.2, -0.15) is 0 Å². The molecule has 2 heterocycles. The molecule has 38 heavy (non-hydrogen) atoms. The molecule has 0 saturated carbocycles. The Morgan fingerprint density at radius 2 is 1.87 bits per heavy atom. The van der Waals surface area contributed by atoms with Gasteiger partial charge in [0, 0.05) is 17.4 Å².